The summed E-state index contributed by atoms with van der Waals surface area (Å²) in [4.78, 5) is 4.60. The molecular weight excluding hydrogens is 378 g/mol. The predicted octanol–water partition coefficient (Wildman–Crippen LogP) is 3.12. The molecule has 0 N–H and O–H groups in total. The third-order valence-electron chi connectivity index (χ3n) is 5.28. The Morgan fingerprint density at radius 1 is 1.18 bits per heavy atom. The van der Waals surface area contributed by atoms with Crippen LogP contribution in [0.2, 0.25) is 0 Å². The van der Waals surface area contributed by atoms with Crippen LogP contribution in [0.4, 0.5) is 0 Å². The van der Waals surface area contributed by atoms with Crippen molar-refractivity contribution >= 4 is 10.0 Å². The summed E-state index contributed by atoms with van der Waals surface area (Å²) in [5.41, 5.74) is 0. The van der Waals surface area contributed by atoms with Gasteiger partial charge in [-0.25, -0.2) is 13.4 Å². The summed E-state index contributed by atoms with van der Waals surface area (Å²) in [7, 11) is -0.639. The van der Waals surface area contributed by atoms with E-state index in [1.165, 1.54) is 20.3 Å². The number of methoxy groups -OCH3 is 2. The molecule has 0 amide bonds. The maximum absolute atomic E-state index is 13.2. The van der Waals surface area contributed by atoms with Crippen molar-refractivity contribution in [1.29, 1.82) is 0 Å². The SMILES string of the molecule is COc1ccc(OC)c(S(=O)(=O)N2CCC(Cn3ccnc3C(C)C)CC2)c1. The van der Waals surface area contributed by atoms with Crippen LogP contribution < -0.4 is 9.47 Å². The van der Waals surface area contributed by atoms with Crippen molar-refractivity contribution in [3.05, 3.63) is 36.4 Å². The largest absolute Gasteiger partial charge is 0.497 e. The first kappa shape index (κ1) is 20.7. The highest BCUT2D eigenvalue weighted by atomic mass is 32.2. The molecule has 1 aromatic heterocycles. The van der Waals surface area contributed by atoms with Gasteiger partial charge in [0.05, 0.1) is 14.2 Å². The summed E-state index contributed by atoms with van der Waals surface area (Å²) < 4.78 is 40.6. The highest BCUT2D eigenvalue weighted by Crippen LogP contribution is 2.33. The molecule has 3 rings (SSSR count). The Hall–Kier alpha value is -2.06. The van der Waals surface area contributed by atoms with Crippen LogP contribution in [0.5, 0.6) is 11.5 Å². The molecule has 1 saturated heterocycles. The molecule has 0 saturated carbocycles. The molecule has 0 atom stereocenters. The molecule has 0 unspecified atom stereocenters. The number of hydrogen-bond donors (Lipinski definition) is 0. The van der Waals surface area contributed by atoms with E-state index in [1.807, 2.05) is 12.4 Å². The Morgan fingerprint density at radius 3 is 2.50 bits per heavy atom. The van der Waals surface area contributed by atoms with Crippen molar-refractivity contribution in [2.75, 3.05) is 27.3 Å². The maximum atomic E-state index is 13.2. The summed E-state index contributed by atoms with van der Waals surface area (Å²) in [6, 6.07) is 4.85. The number of rotatable bonds is 7. The second kappa shape index (κ2) is 8.53. The number of aromatic nitrogens is 2. The number of nitrogens with zero attached hydrogens (tertiary/aromatic N) is 3. The lowest BCUT2D eigenvalue weighted by Crippen LogP contribution is -2.39. The minimum Gasteiger partial charge on any atom is -0.497 e. The quantitative estimate of drug-likeness (QED) is 0.705. The van der Waals surface area contributed by atoms with Gasteiger partial charge in [-0.2, -0.15) is 4.31 Å². The summed E-state index contributed by atoms with van der Waals surface area (Å²) in [6.45, 7) is 6.15. The van der Waals surface area contributed by atoms with Crippen LogP contribution in [0.25, 0.3) is 0 Å². The normalized spacial score (nSPS) is 16.5. The molecule has 28 heavy (non-hydrogen) atoms. The van der Waals surface area contributed by atoms with E-state index in [0.29, 0.717) is 36.4 Å². The van der Waals surface area contributed by atoms with E-state index in [1.54, 1.807) is 16.4 Å². The van der Waals surface area contributed by atoms with Crippen LogP contribution >= 0.6 is 0 Å². The number of ether oxygens (including phenoxy) is 2. The Kier molecular flexibility index (Phi) is 6.30. The third kappa shape index (κ3) is 4.17. The van der Waals surface area contributed by atoms with Gasteiger partial charge in [0.1, 0.15) is 22.2 Å². The summed E-state index contributed by atoms with van der Waals surface area (Å²) in [5, 5.41) is 0. The first-order valence-corrected chi connectivity index (χ1v) is 11.0. The topological polar surface area (TPSA) is 73.7 Å². The molecule has 8 heteroatoms. The van der Waals surface area contributed by atoms with Crippen LogP contribution in [0.1, 0.15) is 38.4 Å². The molecule has 0 radical (unpaired) electrons. The van der Waals surface area contributed by atoms with Crippen LogP contribution in [-0.2, 0) is 16.6 Å². The zero-order valence-corrected chi connectivity index (χ0v) is 17.8. The zero-order chi connectivity index (χ0) is 20.3. The highest BCUT2D eigenvalue weighted by Gasteiger charge is 2.32. The second-order valence-electron chi connectivity index (χ2n) is 7.46. The molecule has 2 heterocycles. The Morgan fingerprint density at radius 2 is 1.89 bits per heavy atom. The van der Waals surface area contributed by atoms with E-state index >= 15 is 0 Å². The highest BCUT2D eigenvalue weighted by molar-refractivity contribution is 7.89. The van der Waals surface area contributed by atoms with E-state index in [4.69, 9.17) is 9.47 Å². The number of piperidine rings is 1. The molecule has 7 nitrogen and oxygen atoms in total. The average molecular weight is 408 g/mol. The van der Waals surface area contributed by atoms with Gasteiger partial charge in [-0.3, -0.25) is 0 Å². The molecule has 1 aliphatic rings. The monoisotopic (exact) mass is 407 g/mol. The first-order chi connectivity index (χ1) is 13.4. The van der Waals surface area contributed by atoms with E-state index in [2.05, 4.69) is 23.4 Å². The fourth-order valence-corrected chi connectivity index (χ4v) is 5.35. The van der Waals surface area contributed by atoms with Crippen molar-refractivity contribution in [2.45, 2.75) is 44.0 Å². The number of imidazole rings is 1. The van der Waals surface area contributed by atoms with Crippen molar-refractivity contribution < 1.29 is 17.9 Å². The second-order valence-corrected chi connectivity index (χ2v) is 9.36. The fourth-order valence-electron chi connectivity index (χ4n) is 3.71. The van der Waals surface area contributed by atoms with Gasteiger partial charge in [0.15, 0.2) is 0 Å². The Balaban J connectivity index is 1.71. The van der Waals surface area contributed by atoms with Gasteiger partial charge in [-0.05, 0) is 30.9 Å². The van der Waals surface area contributed by atoms with E-state index in [9.17, 15) is 8.42 Å². The van der Waals surface area contributed by atoms with Crippen molar-refractivity contribution in [1.82, 2.24) is 13.9 Å². The maximum Gasteiger partial charge on any atom is 0.246 e. The van der Waals surface area contributed by atoms with Gasteiger partial charge in [-0.1, -0.05) is 13.8 Å². The van der Waals surface area contributed by atoms with Crippen molar-refractivity contribution in [3.8, 4) is 11.5 Å². The molecule has 2 aromatic rings. The van der Waals surface area contributed by atoms with E-state index in [0.717, 1.165) is 25.2 Å². The lowest BCUT2D eigenvalue weighted by atomic mass is 9.98. The zero-order valence-electron chi connectivity index (χ0n) is 17.0. The molecule has 154 valence electrons. The molecule has 0 aliphatic carbocycles. The van der Waals surface area contributed by atoms with Crippen LogP contribution in [-0.4, -0.2) is 49.6 Å². The van der Waals surface area contributed by atoms with Gasteiger partial charge in [-0.15, -0.1) is 0 Å². The Bertz CT molecular complexity index is 900. The van der Waals surface area contributed by atoms with Gasteiger partial charge >= 0.3 is 0 Å². The molecule has 1 aliphatic heterocycles. The first-order valence-electron chi connectivity index (χ1n) is 9.60. The smallest absolute Gasteiger partial charge is 0.246 e. The van der Waals surface area contributed by atoms with Gasteiger partial charge in [0.2, 0.25) is 10.0 Å². The molecule has 1 fully saturated rings. The number of sulfonamides is 1. The van der Waals surface area contributed by atoms with Crippen molar-refractivity contribution in [2.24, 2.45) is 5.92 Å². The number of hydrogen-bond acceptors (Lipinski definition) is 5. The van der Waals surface area contributed by atoms with E-state index < -0.39 is 10.0 Å². The average Bonchev–Trinajstić information content (AvgIpc) is 3.16. The van der Waals surface area contributed by atoms with Gasteiger partial charge in [0.25, 0.3) is 0 Å². The predicted molar refractivity (Wildman–Crippen MR) is 107 cm³/mol. The summed E-state index contributed by atoms with van der Waals surface area (Å²) >= 11 is 0. The molecular formula is C20H29N3O4S. The van der Waals surface area contributed by atoms with Gasteiger partial charge in [0, 0.05) is 44.0 Å². The minimum absolute atomic E-state index is 0.157. The Labute approximate surface area is 167 Å². The number of benzene rings is 1. The fraction of sp³-hybridized carbons (Fsp3) is 0.550. The third-order valence-corrected chi connectivity index (χ3v) is 7.20. The van der Waals surface area contributed by atoms with Crippen LogP contribution in [0, 0.1) is 5.92 Å². The molecule has 0 bridgehead atoms. The summed E-state index contributed by atoms with van der Waals surface area (Å²) in [5.74, 6) is 2.72. The van der Waals surface area contributed by atoms with Crippen LogP contribution in [0.3, 0.4) is 0 Å². The standard InChI is InChI=1S/C20H29N3O4S/c1-15(2)20-21-9-12-22(20)14-16-7-10-23(11-8-16)28(24,25)19-13-17(26-3)5-6-18(19)27-4/h5-6,9,12-13,15-16H,7-8,10-11,14H2,1-4H3. The molecule has 1 aromatic carbocycles. The summed E-state index contributed by atoms with van der Waals surface area (Å²) in [6.07, 6.45) is 5.49. The van der Waals surface area contributed by atoms with Gasteiger partial charge < -0.3 is 14.0 Å². The van der Waals surface area contributed by atoms with Crippen molar-refractivity contribution in [3.63, 3.8) is 0 Å². The molecule has 0 spiro atoms. The lowest BCUT2D eigenvalue weighted by Gasteiger charge is -2.32. The van der Waals surface area contributed by atoms with Crippen LogP contribution in [0.15, 0.2) is 35.5 Å². The minimum atomic E-state index is -3.64. The lowest BCUT2D eigenvalue weighted by molar-refractivity contribution is 0.250. The van der Waals surface area contributed by atoms with E-state index in [-0.39, 0.29) is 4.90 Å².